The van der Waals surface area contributed by atoms with Crippen LogP contribution in [-0.2, 0) is 17.8 Å². The van der Waals surface area contributed by atoms with Crippen LogP contribution in [0.25, 0.3) is 0 Å². The molecule has 2 aromatic rings. The maximum atomic E-state index is 11.3. The Hall–Kier alpha value is -1.84. The van der Waals surface area contributed by atoms with Crippen LogP contribution in [0.1, 0.15) is 21.5 Å². The average Bonchev–Trinajstić information content (AvgIpc) is 2.45. The summed E-state index contributed by atoms with van der Waals surface area (Å²) in [6.07, 6.45) is 0.642. The van der Waals surface area contributed by atoms with Crippen LogP contribution in [-0.4, -0.2) is 12.5 Å². The molecule has 0 heterocycles. The van der Waals surface area contributed by atoms with Gasteiger partial charge in [-0.25, -0.2) is 0 Å². The molecule has 0 atom stereocenters. The highest BCUT2D eigenvalue weighted by molar-refractivity contribution is 6.31. The molecule has 2 N–H and O–H groups in total. The molecule has 20 heavy (non-hydrogen) atoms. The van der Waals surface area contributed by atoms with Gasteiger partial charge < -0.3 is 10.5 Å². The van der Waals surface area contributed by atoms with E-state index in [9.17, 15) is 4.79 Å². The van der Waals surface area contributed by atoms with E-state index >= 15 is 0 Å². The molecular weight excluding hydrogens is 274 g/mol. The molecule has 0 spiro atoms. The maximum Gasteiger partial charge on any atom is 0.248 e. The minimum atomic E-state index is -0.410. The molecule has 2 rings (SSSR count). The van der Waals surface area contributed by atoms with E-state index in [1.165, 1.54) is 0 Å². The van der Waals surface area contributed by atoms with Gasteiger partial charge in [-0.15, -0.1) is 0 Å². The fourth-order valence-corrected chi connectivity index (χ4v) is 2.15. The quantitative estimate of drug-likeness (QED) is 0.830. The van der Waals surface area contributed by atoms with Crippen LogP contribution < -0.4 is 5.73 Å². The predicted molar refractivity (Wildman–Crippen MR) is 79.8 cm³/mol. The largest absolute Gasteiger partial charge is 0.376 e. The Balaban J connectivity index is 1.88. The minimum absolute atomic E-state index is 0.410. The molecule has 0 unspecified atom stereocenters. The third-order valence-electron chi connectivity index (χ3n) is 3.01. The molecule has 0 aliphatic rings. The van der Waals surface area contributed by atoms with Crippen molar-refractivity contribution in [3.05, 3.63) is 70.2 Å². The Morgan fingerprint density at radius 1 is 1.05 bits per heavy atom. The Morgan fingerprint density at radius 2 is 1.70 bits per heavy atom. The molecule has 0 saturated carbocycles. The van der Waals surface area contributed by atoms with Crippen molar-refractivity contribution in [3.8, 4) is 0 Å². The second-order valence-corrected chi connectivity index (χ2v) is 4.82. The van der Waals surface area contributed by atoms with Crippen molar-refractivity contribution in [1.82, 2.24) is 0 Å². The lowest BCUT2D eigenvalue weighted by Gasteiger charge is -2.08. The minimum Gasteiger partial charge on any atom is -0.376 e. The Labute approximate surface area is 123 Å². The number of hydrogen-bond donors (Lipinski definition) is 1. The van der Waals surface area contributed by atoms with Crippen molar-refractivity contribution in [2.45, 2.75) is 13.0 Å². The SMILES string of the molecule is NC(=O)c1ccccc1CCOCc1ccccc1Cl. The van der Waals surface area contributed by atoms with Crippen molar-refractivity contribution in [3.63, 3.8) is 0 Å². The summed E-state index contributed by atoms with van der Waals surface area (Å²) in [4.78, 5) is 11.3. The molecule has 2 aromatic carbocycles. The van der Waals surface area contributed by atoms with Gasteiger partial charge in [0.2, 0.25) is 5.91 Å². The van der Waals surface area contributed by atoms with Gasteiger partial charge >= 0.3 is 0 Å². The zero-order valence-corrected chi connectivity index (χ0v) is 11.8. The molecule has 0 fully saturated rings. The molecule has 4 heteroatoms. The number of benzene rings is 2. The molecule has 0 aromatic heterocycles. The first-order valence-corrected chi connectivity index (χ1v) is 6.75. The van der Waals surface area contributed by atoms with Gasteiger partial charge in [0.25, 0.3) is 0 Å². The van der Waals surface area contributed by atoms with Crippen molar-refractivity contribution < 1.29 is 9.53 Å². The second-order valence-electron chi connectivity index (χ2n) is 4.42. The van der Waals surface area contributed by atoms with Crippen molar-refractivity contribution in [2.24, 2.45) is 5.73 Å². The third-order valence-corrected chi connectivity index (χ3v) is 3.38. The van der Waals surface area contributed by atoms with Gasteiger partial charge in [-0.05, 0) is 29.7 Å². The zero-order valence-electron chi connectivity index (χ0n) is 11.0. The standard InChI is InChI=1S/C16H16ClNO2/c17-15-8-4-2-6-13(15)11-20-10-9-12-5-1-3-7-14(12)16(18)19/h1-8H,9-11H2,(H2,18,19). The van der Waals surface area contributed by atoms with Crippen LogP contribution in [0.15, 0.2) is 48.5 Å². The fraction of sp³-hybridized carbons (Fsp3) is 0.188. The first kappa shape index (κ1) is 14.6. The summed E-state index contributed by atoms with van der Waals surface area (Å²) in [6, 6.07) is 14.9. The van der Waals surface area contributed by atoms with E-state index < -0.39 is 5.91 Å². The van der Waals surface area contributed by atoms with Gasteiger partial charge in [0.1, 0.15) is 0 Å². The van der Waals surface area contributed by atoms with E-state index in [-0.39, 0.29) is 0 Å². The highest BCUT2D eigenvalue weighted by atomic mass is 35.5. The van der Waals surface area contributed by atoms with Crippen molar-refractivity contribution in [1.29, 1.82) is 0 Å². The number of primary amides is 1. The monoisotopic (exact) mass is 289 g/mol. The molecule has 0 aliphatic heterocycles. The number of ether oxygens (including phenoxy) is 1. The van der Waals surface area contributed by atoms with E-state index in [1.54, 1.807) is 12.1 Å². The van der Waals surface area contributed by atoms with E-state index in [2.05, 4.69) is 0 Å². The van der Waals surface area contributed by atoms with Crippen LogP contribution in [0.4, 0.5) is 0 Å². The third kappa shape index (κ3) is 3.83. The van der Waals surface area contributed by atoms with Gasteiger partial charge in [-0.3, -0.25) is 4.79 Å². The summed E-state index contributed by atoms with van der Waals surface area (Å²) >= 11 is 6.05. The lowest BCUT2D eigenvalue weighted by Crippen LogP contribution is -2.14. The maximum absolute atomic E-state index is 11.3. The zero-order chi connectivity index (χ0) is 14.4. The van der Waals surface area contributed by atoms with Crippen molar-refractivity contribution >= 4 is 17.5 Å². The highest BCUT2D eigenvalue weighted by Gasteiger charge is 2.06. The lowest BCUT2D eigenvalue weighted by atomic mass is 10.0. The van der Waals surface area contributed by atoms with E-state index in [4.69, 9.17) is 22.1 Å². The average molecular weight is 290 g/mol. The number of nitrogens with two attached hydrogens (primary N) is 1. The Bertz CT molecular complexity index is 599. The van der Waals surface area contributed by atoms with Crippen LogP contribution in [0.3, 0.4) is 0 Å². The predicted octanol–water partition coefficient (Wildman–Crippen LogP) is 3.20. The normalized spacial score (nSPS) is 10.4. The van der Waals surface area contributed by atoms with E-state index in [0.717, 1.165) is 11.1 Å². The summed E-state index contributed by atoms with van der Waals surface area (Å²) in [7, 11) is 0. The summed E-state index contributed by atoms with van der Waals surface area (Å²) < 4.78 is 5.60. The van der Waals surface area contributed by atoms with Crippen LogP contribution in [0.2, 0.25) is 5.02 Å². The first-order chi connectivity index (χ1) is 9.68. The van der Waals surface area contributed by atoms with Gasteiger partial charge in [0, 0.05) is 10.6 Å². The number of halogens is 1. The molecule has 0 bridgehead atoms. The van der Waals surface area contributed by atoms with Gasteiger partial charge in [-0.1, -0.05) is 48.0 Å². The van der Waals surface area contributed by atoms with Crippen LogP contribution >= 0.6 is 11.6 Å². The fourth-order valence-electron chi connectivity index (χ4n) is 1.96. The molecule has 0 radical (unpaired) electrons. The topological polar surface area (TPSA) is 52.3 Å². The smallest absolute Gasteiger partial charge is 0.248 e. The van der Waals surface area contributed by atoms with Gasteiger partial charge in [0.15, 0.2) is 0 Å². The summed E-state index contributed by atoms with van der Waals surface area (Å²) in [6.45, 7) is 0.966. The molecular formula is C16H16ClNO2. The second kappa shape index (κ2) is 7.08. The Morgan fingerprint density at radius 3 is 2.40 bits per heavy atom. The van der Waals surface area contributed by atoms with E-state index in [1.807, 2.05) is 36.4 Å². The van der Waals surface area contributed by atoms with Crippen LogP contribution in [0.5, 0.6) is 0 Å². The molecule has 0 saturated heterocycles. The number of carbonyl (C=O) groups is 1. The highest BCUT2D eigenvalue weighted by Crippen LogP contribution is 2.16. The first-order valence-electron chi connectivity index (χ1n) is 6.37. The number of carbonyl (C=O) groups excluding carboxylic acids is 1. The van der Waals surface area contributed by atoms with Crippen LogP contribution in [0, 0.1) is 0 Å². The number of amides is 1. The molecule has 1 amide bonds. The number of hydrogen-bond acceptors (Lipinski definition) is 2. The number of rotatable bonds is 6. The van der Waals surface area contributed by atoms with Gasteiger partial charge in [0.05, 0.1) is 13.2 Å². The van der Waals surface area contributed by atoms with Crippen molar-refractivity contribution in [2.75, 3.05) is 6.61 Å². The van der Waals surface area contributed by atoms with Gasteiger partial charge in [-0.2, -0.15) is 0 Å². The molecule has 3 nitrogen and oxygen atoms in total. The molecule has 0 aliphatic carbocycles. The summed E-state index contributed by atoms with van der Waals surface area (Å²) in [5.41, 5.74) is 7.74. The summed E-state index contributed by atoms with van der Waals surface area (Å²) in [5, 5.41) is 0.699. The van der Waals surface area contributed by atoms with E-state index in [0.29, 0.717) is 30.2 Å². The lowest BCUT2D eigenvalue weighted by molar-refractivity contribution is 0.0997. The molecule has 104 valence electrons. The Kier molecular flexibility index (Phi) is 5.16. The summed E-state index contributed by atoms with van der Waals surface area (Å²) in [5.74, 6) is -0.410.